The predicted molar refractivity (Wildman–Crippen MR) is 78.6 cm³/mol. The lowest BCUT2D eigenvalue weighted by Crippen LogP contribution is -1.98. The highest BCUT2D eigenvalue weighted by Crippen LogP contribution is 2.24. The number of rotatable bonds is 3. The Morgan fingerprint density at radius 2 is 1.53 bits per heavy atom. The van der Waals surface area contributed by atoms with Crippen LogP contribution in [0.2, 0.25) is 0 Å². The fourth-order valence-electron chi connectivity index (χ4n) is 2.08. The van der Waals surface area contributed by atoms with Crippen molar-refractivity contribution in [3.63, 3.8) is 0 Å². The fraction of sp³-hybridized carbons (Fsp3) is 0.0625. The summed E-state index contributed by atoms with van der Waals surface area (Å²) in [5.74, 6) is 0.416. The van der Waals surface area contributed by atoms with Gasteiger partial charge in [-0.25, -0.2) is 4.68 Å². The summed E-state index contributed by atoms with van der Waals surface area (Å²) in [5, 5.41) is 4.56. The summed E-state index contributed by atoms with van der Waals surface area (Å²) in [5.41, 5.74) is 4.11. The Kier molecular flexibility index (Phi) is 3.34. The van der Waals surface area contributed by atoms with Crippen LogP contribution < -0.4 is 0 Å². The summed E-state index contributed by atoms with van der Waals surface area (Å²) < 4.78 is 1.94. The minimum Gasteiger partial charge on any atom is -0.233 e. The zero-order valence-corrected chi connectivity index (χ0v) is 11.1. The number of nitrogens with zero attached hydrogens (tertiary/aromatic N) is 2. The molecule has 19 heavy (non-hydrogen) atoms. The quantitative estimate of drug-likeness (QED) is 0.649. The monoisotopic (exact) mass is 268 g/mol. The van der Waals surface area contributed by atoms with Gasteiger partial charge in [0.1, 0.15) is 0 Å². The Morgan fingerprint density at radius 1 is 0.895 bits per heavy atom. The van der Waals surface area contributed by atoms with E-state index in [0.717, 1.165) is 22.6 Å². The van der Waals surface area contributed by atoms with E-state index in [-0.39, 0.29) is 0 Å². The van der Waals surface area contributed by atoms with E-state index in [4.69, 9.17) is 11.6 Å². The highest BCUT2D eigenvalue weighted by molar-refractivity contribution is 6.16. The SMILES string of the molecule is ClCc1cc(-c2ccccc2)n(-c2ccccc2)n1. The van der Waals surface area contributed by atoms with Crippen LogP contribution in [-0.4, -0.2) is 9.78 Å². The third kappa shape index (κ3) is 2.40. The number of hydrogen-bond acceptors (Lipinski definition) is 1. The van der Waals surface area contributed by atoms with Crippen molar-refractivity contribution in [2.24, 2.45) is 0 Å². The van der Waals surface area contributed by atoms with Crippen LogP contribution in [0.3, 0.4) is 0 Å². The average Bonchev–Trinajstić information content (AvgIpc) is 2.93. The van der Waals surface area contributed by atoms with Gasteiger partial charge >= 0.3 is 0 Å². The van der Waals surface area contributed by atoms with E-state index < -0.39 is 0 Å². The Labute approximate surface area is 117 Å². The predicted octanol–water partition coefficient (Wildman–Crippen LogP) is 4.28. The second-order valence-corrected chi connectivity index (χ2v) is 4.54. The Morgan fingerprint density at radius 3 is 2.16 bits per heavy atom. The van der Waals surface area contributed by atoms with E-state index in [1.54, 1.807) is 0 Å². The number of para-hydroxylation sites is 1. The molecule has 0 aliphatic heterocycles. The summed E-state index contributed by atoms with van der Waals surface area (Å²) >= 11 is 5.91. The van der Waals surface area contributed by atoms with Gasteiger partial charge < -0.3 is 0 Å². The van der Waals surface area contributed by atoms with Gasteiger partial charge in [-0.05, 0) is 18.2 Å². The maximum atomic E-state index is 5.91. The van der Waals surface area contributed by atoms with Crippen molar-refractivity contribution >= 4 is 11.6 Å². The molecular weight excluding hydrogens is 256 g/mol. The van der Waals surface area contributed by atoms with E-state index in [0.29, 0.717) is 5.88 Å². The molecule has 3 rings (SSSR count). The molecule has 1 heterocycles. The van der Waals surface area contributed by atoms with E-state index in [9.17, 15) is 0 Å². The van der Waals surface area contributed by atoms with E-state index in [1.165, 1.54) is 0 Å². The molecule has 0 fully saturated rings. The zero-order chi connectivity index (χ0) is 13.1. The molecule has 2 nitrogen and oxygen atoms in total. The molecule has 0 N–H and O–H groups in total. The molecule has 0 radical (unpaired) electrons. The molecule has 3 heteroatoms. The molecule has 0 atom stereocenters. The molecule has 0 aliphatic carbocycles. The first-order valence-electron chi connectivity index (χ1n) is 6.14. The van der Waals surface area contributed by atoms with E-state index in [1.807, 2.05) is 59.3 Å². The van der Waals surface area contributed by atoms with Crippen LogP contribution in [0.25, 0.3) is 16.9 Å². The molecule has 0 bridgehead atoms. The van der Waals surface area contributed by atoms with Crippen LogP contribution >= 0.6 is 11.6 Å². The largest absolute Gasteiger partial charge is 0.233 e. The molecule has 94 valence electrons. The van der Waals surface area contributed by atoms with Crippen LogP contribution in [0.1, 0.15) is 5.69 Å². The van der Waals surface area contributed by atoms with Crippen LogP contribution in [0, 0.1) is 0 Å². The second kappa shape index (κ2) is 5.29. The van der Waals surface area contributed by atoms with Crippen molar-refractivity contribution in [2.45, 2.75) is 5.88 Å². The number of benzene rings is 2. The van der Waals surface area contributed by atoms with Crippen LogP contribution in [0.4, 0.5) is 0 Å². The Balaban J connectivity index is 2.17. The van der Waals surface area contributed by atoms with Gasteiger partial charge in [0.15, 0.2) is 0 Å². The van der Waals surface area contributed by atoms with Gasteiger partial charge in [0.05, 0.1) is 23.0 Å². The van der Waals surface area contributed by atoms with Gasteiger partial charge in [0.2, 0.25) is 0 Å². The maximum Gasteiger partial charge on any atom is 0.0783 e. The fourth-order valence-corrected chi connectivity index (χ4v) is 2.21. The van der Waals surface area contributed by atoms with Crippen LogP contribution in [-0.2, 0) is 5.88 Å². The molecular formula is C16H13ClN2. The lowest BCUT2D eigenvalue weighted by Gasteiger charge is -2.07. The molecule has 1 aromatic heterocycles. The first-order chi connectivity index (χ1) is 9.38. The summed E-state index contributed by atoms with van der Waals surface area (Å²) in [6.07, 6.45) is 0. The van der Waals surface area contributed by atoms with Gasteiger partial charge in [0.25, 0.3) is 0 Å². The van der Waals surface area contributed by atoms with Crippen LogP contribution in [0.5, 0.6) is 0 Å². The molecule has 0 spiro atoms. The van der Waals surface area contributed by atoms with Crippen molar-refractivity contribution in [1.82, 2.24) is 9.78 Å². The smallest absolute Gasteiger partial charge is 0.0783 e. The maximum absolute atomic E-state index is 5.91. The lowest BCUT2D eigenvalue weighted by atomic mass is 10.1. The van der Waals surface area contributed by atoms with Crippen molar-refractivity contribution in [1.29, 1.82) is 0 Å². The standard InChI is InChI=1S/C16H13ClN2/c17-12-14-11-16(13-7-3-1-4-8-13)19(18-14)15-9-5-2-6-10-15/h1-11H,12H2. The number of hydrogen-bond donors (Lipinski definition) is 0. The van der Waals surface area contributed by atoms with Gasteiger partial charge in [-0.15, -0.1) is 11.6 Å². The summed E-state index contributed by atoms with van der Waals surface area (Å²) in [6, 6.07) is 22.3. The molecule has 2 aromatic carbocycles. The number of aromatic nitrogens is 2. The topological polar surface area (TPSA) is 17.8 Å². The van der Waals surface area contributed by atoms with Crippen molar-refractivity contribution in [2.75, 3.05) is 0 Å². The summed E-state index contributed by atoms with van der Waals surface area (Å²) in [7, 11) is 0. The zero-order valence-electron chi connectivity index (χ0n) is 10.3. The third-order valence-corrected chi connectivity index (χ3v) is 3.24. The lowest BCUT2D eigenvalue weighted by molar-refractivity contribution is 0.865. The Hall–Kier alpha value is -2.06. The highest BCUT2D eigenvalue weighted by Gasteiger charge is 2.10. The first kappa shape index (κ1) is 12.0. The number of alkyl halides is 1. The normalized spacial score (nSPS) is 10.6. The van der Waals surface area contributed by atoms with Crippen molar-refractivity contribution in [3.05, 3.63) is 72.4 Å². The second-order valence-electron chi connectivity index (χ2n) is 4.27. The third-order valence-electron chi connectivity index (χ3n) is 2.97. The molecule has 0 amide bonds. The number of halogens is 1. The van der Waals surface area contributed by atoms with Gasteiger partial charge in [-0.3, -0.25) is 0 Å². The minimum atomic E-state index is 0.416. The van der Waals surface area contributed by atoms with Crippen LogP contribution in [0.15, 0.2) is 66.7 Å². The van der Waals surface area contributed by atoms with Crippen molar-refractivity contribution < 1.29 is 0 Å². The molecule has 0 aliphatic rings. The molecule has 0 saturated heterocycles. The summed E-state index contributed by atoms with van der Waals surface area (Å²) in [6.45, 7) is 0. The molecule has 3 aromatic rings. The first-order valence-corrected chi connectivity index (χ1v) is 6.67. The average molecular weight is 269 g/mol. The summed E-state index contributed by atoms with van der Waals surface area (Å²) in [4.78, 5) is 0. The minimum absolute atomic E-state index is 0.416. The molecule has 0 saturated carbocycles. The van der Waals surface area contributed by atoms with E-state index >= 15 is 0 Å². The van der Waals surface area contributed by atoms with Gasteiger partial charge in [-0.2, -0.15) is 5.10 Å². The van der Waals surface area contributed by atoms with Gasteiger partial charge in [-0.1, -0.05) is 48.5 Å². The van der Waals surface area contributed by atoms with Crippen molar-refractivity contribution in [3.8, 4) is 16.9 Å². The molecule has 0 unspecified atom stereocenters. The Bertz CT molecular complexity index is 603. The van der Waals surface area contributed by atoms with E-state index in [2.05, 4.69) is 17.2 Å². The highest BCUT2D eigenvalue weighted by atomic mass is 35.5. The van der Waals surface area contributed by atoms with Gasteiger partial charge in [0, 0.05) is 5.56 Å².